The molecule has 0 unspecified atom stereocenters. The number of hydrogen-bond donors (Lipinski definition) is 2. The summed E-state index contributed by atoms with van der Waals surface area (Å²) >= 11 is 0. The van der Waals surface area contributed by atoms with Crippen LogP contribution >= 0.6 is 0 Å². The molecule has 4 heteroatoms. The molecular weight excluding hydrogens is 168 g/mol. The molecule has 2 saturated heterocycles. The second-order valence-electron chi connectivity index (χ2n) is 4.34. The van der Waals surface area contributed by atoms with Crippen LogP contribution in [0.5, 0.6) is 0 Å². The highest BCUT2D eigenvalue weighted by molar-refractivity contribution is 5.83. The minimum atomic E-state index is -0.645. The molecular formula is C9H16N2O2. The SMILES string of the molecule is CC1(O)CN(C(=O)[C@H]2CCCN2)C1. The Morgan fingerprint density at radius 1 is 1.62 bits per heavy atom. The number of amides is 1. The maximum absolute atomic E-state index is 11.7. The fourth-order valence-corrected chi connectivity index (χ4v) is 2.05. The van der Waals surface area contributed by atoms with Crippen LogP contribution in [-0.2, 0) is 4.79 Å². The second-order valence-corrected chi connectivity index (χ2v) is 4.34. The first kappa shape index (κ1) is 8.97. The summed E-state index contributed by atoms with van der Waals surface area (Å²) in [6.45, 7) is 3.69. The molecule has 1 atom stereocenters. The smallest absolute Gasteiger partial charge is 0.239 e. The normalized spacial score (nSPS) is 31.5. The van der Waals surface area contributed by atoms with Gasteiger partial charge in [0.25, 0.3) is 0 Å². The van der Waals surface area contributed by atoms with Crippen molar-refractivity contribution in [1.82, 2.24) is 10.2 Å². The molecule has 2 N–H and O–H groups in total. The Balaban J connectivity index is 1.85. The molecule has 13 heavy (non-hydrogen) atoms. The molecule has 2 aliphatic rings. The lowest BCUT2D eigenvalue weighted by Crippen LogP contribution is -2.64. The van der Waals surface area contributed by atoms with E-state index < -0.39 is 5.60 Å². The number of nitrogens with one attached hydrogen (secondary N) is 1. The predicted octanol–water partition coefficient (Wildman–Crippen LogP) is -0.668. The fourth-order valence-electron chi connectivity index (χ4n) is 2.05. The highest BCUT2D eigenvalue weighted by atomic mass is 16.3. The van der Waals surface area contributed by atoms with Crippen molar-refractivity contribution in [2.24, 2.45) is 0 Å². The van der Waals surface area contributed by atoms with Crippen molar-refractivity contribution in [1.29, 1.82) is 0 Å². The minimum absolute atomic E-state index is 0.0103. The minimum Gasteiger partial charge on any atom is -0.386 e. The van der Waals surface area contributed by atoms with Crippen LogP contribution in [-0.4, -0.2) is 47.2 Å². The lowest BCUT2D eigenvalue weighted by Gasteiger charge is -2.45. The van der Waals surface area contributed by atoms with E-state index in [1.807, 2.05) is 0 Å². The number of likely N-dealkylation sites (tertiary alicyclic amines) is 1. The van der Waals surface area contributed by atoms with Gasteiger partial charge in [0.1, 0.15) is 0 Å². The quantitative estimate of drug-likeness (QED) is 0.568. The average molecular weight is 184 g/mol. The molecule has 0 aliphatic carbocycles. The van der Waals surface area contributed by atoms with Gasteiger partial charge in [-0.05, 0) is 26.3 Å². The van der Waals surface area contributed by atoms with Gasteiger partial charge in [-0.3, -0.25) is 4.79 Å². The number of hydrogen-bond acceptors (Lipinski definition) is 3. The summed E-state index contributed by atoms with van der Waals surface area (Å²) in [6.07, 6.45) is 2.03. The average Bonchev–Trinajstić information content (AvgIpc) is 2.50. The zero-order chi connectivity index (χ0) is 9.47. The molecule has 2 rings (SSSR count). The Morgan fingerprint density at radius 3 is 2.77 bits per heavy atom. The number of carbonyl (C=O) groups is 1. The molecule has 0 aromatic carbocycles. The summed E-state index contributed by atoms with van der Waals surface area (Å²) in [4.78, 5) is 13.4. The van der Waals surface area contributed by atoms with Crippen LogP contribution in [0.3, 0.4) is 0 Å². The zero-order valence-corrected chi connectivity index (χ0v) is 7.92. The van der Waals surface area contributed by atoms with Gasteiger partial charge in [0.15, 0.2) is 0 Å². The van der Waals surface area contributed by atoms with E-state index >= 15 is 0 Å². The molecule has 2 fully saturated rings. The third kappa shape index (κ3) is 1.69. The number of carbonyl (C=O) groups excluding carboxylic acids is 1. The van der Waals surface area contributed by atoms with Crippen LogP contribution in [0.2, 0.25) is 0 Å². The third-order valence-electron chi connectivity index (χ3n) is 2.73. The third-order valence-corrected chi connectivity index (χ3v) is 2.73. The van der Waals surface area contributed by atoms with Gasteiger partial charge in [-0.25, -0.2) is 0 Å². The maximum atomic E-state index is 11.7. The van der Waals surface area contributed by atoms with Crippen LogP contribution in [0.1, 0.15) is 19.8 Å². The van der Waals surface area contributed by atoms with Gasteiger partial charge < -0.3 is 15.3 Å². The van der Waals surface area contributed by atoms with E-state index in [4.69, 9.17) is 0 Å². The molecule has 0 saturated carbocycles. The van der Waals surface area contributed by atoms with Crippen molar-refractivity contribution in [2.75, 3.05) is 19.6 Å². The van der Waals surface area contributed by atoms with Gasteiger partial charge in [0.05, 0.1) is 24.7 Å². The summed E-state index contributed by atoms with van der Waals surface area (Å²) in [6, 6.07) is 0.0103. The fraction of sp³-hybridized carbons (Fsp3) is 0.889. The summed E-state index contributed by atoms with van der Waals surface area (Å²) in [5, 5.41) is 12.6. The van der Waals surface area contributed by atoms with Crippen LogP contribution in [0, 0.1) is 0 Å². The van der Waals surface area contributed by atoms with E-state index in [-0.39, 0.29) is 11.9 Å². The maximum Gasteiger partial charge on any atom is 0.239 e. The molecule has 0 aromatic heterocycles. The lowest BCUT2D eigenvalue weighted by atomic mass is 9.96. The van der Waals surface area contributed by atoms with Gasteiger partial charge in [0.2, 0.25) is 5.91 Å². The first-order valence-corrected chi connectivity index (χ1v) is 4.83. The predicted molar refractivity (Wildman–Crippen MR) is 48.2 cm³/mol. The van der Waals surface area contributed by atoms with Crippen molar-refractivity contribution in [2.45, 2.75) is 31.4 Å². The molecule has 1 amide bonds. The Labute approximate surface area is 77.9 Å². The molecule has 2 aliphatic heterocycles. The highest BCUT2D eigenvalue weighted by Gasteiger charge is 2.41. The summed E-state index contributed by atoms with van der Waals surface area (Å²) in [7, 11) is 0. The Bertz CT molecular complexity index is 214. The van der Waals surface area contributed by atoms with Gasteiger partial charge in [0, 0.05) is 0 Å². The van der Waals surface area contributed by atoms with Crippen LogP contribution in [0.15, 0.2) is 0 Å². The van der Waals surface area contributed by atoms with Crippen LogP contribution in [0.25, 0.3) is 0 Å². The standard InChI is InChI=1S/C9H16N2O2/c1-9(13)5-11(6-9)8(12)7-3-2-4-10-7/h7,10,13H,2-6H2,1H3/t7-/m1/s1. The zero-order valence-electron chi connectivity index (χ0n) is 7.92. The Morgan fingerprint density at radius 2 is 2.31 bits per heavy atom. The Kier molecular flexibility index (Phi) is 2.04. The van der Waals surface area contributed by atoms with Gasteiger partial charge >= 0.3 is 0 Å². The second kappa shape index (κ2) is 2.96. The van der Waals surface area contributed by atoms with Crippen molar-refractivity contribution in [3.05, 3.63) is 0 Å². The van der Waals surface area contributed by atoms with Crippen LogP contribution in [0.4, 0.5) is 0 Å². The summed E-state index contributed by atoms with van der Waals surface area (Å²) in [5.41, 5.74) is -0.645. The highest BCUT2D eigenvalue weighted by Crippen LogP contribution is 2.22. The number of aliphatic hydroxyl groups is 1. The van der Waals surface area contributed by atoms with Crippen LogP contribution < -0.4 is 5.32 Å². The van der Waals surface area contributed by atoms with E-state index in [0.717, 1.165) is 19.4 Å². The molecule has 4 nitrogen and oxygen atoms in total. The van der Waals surface area contributed by atoms with Crippen molar-refractivity contribution in [3.63, 3.8) is 0 Å². The summed E-state index contributed by atoms with van der Waals surface area (Å²) in [5.74, 6) is 0.157. The molecule has 0 spiro atoms. The van der Waals surface area contributed by atoms with Gasteiger partial charge in [-0.15, -0.1) is 0 Å². The van der Waals surface area contributed by atoms with E-state index in [9.17, 15) is 9.90 Å². The van der Waals surface area contributed by atoms with Gasteiger partial charge in [-0.1, -0.05) is 0 Å². The number of β-amino-alcohol motifs (C(OH)–C–C–N with tert-alkyl or cyclic N) is 1. The first-order chi connectivity index (χ1) is 6.08. The van der Waals surface area contributed by atoms with E-state index in [2.05, 4.69) is 5.32 Å². The number of nitrogens with zero attached hydrogens (tertiary/aromatic N) is 1. The van der Waals surface area contributed by atoms with Crippen molar-refractivity contribution in [3.8, 4) is 0 Å². The largest absolute Gasteiger partial charge is 0.386 e. The molecule has 0 radical (unpaired) electrons. The summed E-state index contributed by atoms with van der Waals surface area (Å²) < 4.78 is 0. The van der Waals surface area contributed by atoms with Crippen molar-refractivity contribution < 1.29 is 9.90 Å². The molecule has 0 aromatic rings. The lowest BCUT2D eigenvalue weighted by molar-refractivity contribution is -0.154. The Hall–Kier alpha value is -0.610. The van der Waals surface area contributed by atoms with E-state index in [1.54, 1.807) is 11.8 Å². The topological polar surface area (TPSA) is 52.6 Å². The van der Waals surface area contributed by atoms with Gasteiger partial charge in [-0.2, -0.15) is 0 Å². The first-order valence-electron chi connectivity index (χ1n) is 4.83. The molecule has 2 heterocycles. The van der Waals surface area contributed by atoms with E-state index in [1.165, 1.54) is 0 Å². The van der Waals surface area contributed by atoms with Crippen molar-refractivity contribution >= 4 is 5.91 Å². The number of rotatable bonds is 1. The monoisotopic (exact) mass is 184 g/mol. The van der Waals surface area contributed by atoms with E-state index in [0.29, 0.717) is 13.1 Å². The molecule has 0 bridgehead atoms. The molecule has 74 valence electrons.